The second-order valence-electron chi connectivity index (χ2n) is 5.37. The van der Waals surface area contributed by atoms with Gasteiger partial charge in [0.25, 0.3) is 0 Å². The molecular formula is C18H19ClN4O2. The van der Waals surface area contributed by atoms with Gasteiger partial charge in [0.1, 0.15) is 5.82 Å². The molecule has 0 fully saturated rings. The monoisotopic (exact) mass is 358 g/mol. The highest BCUT2D eigenvalue weighted by atomic mass is 35.5. The maximum atomic E-state index is 6.26. The Kier molecular flexibility index (Phi) is 5.21. The third-order valence-electron chi connectivity index (χ3n) is 3.75. The predicted octanol–water partition coefficient (Wildman–Crippen LogP) is 3.58. The van der Waals surface area contributed by atoms with Gasteiger partial charge in [0, 0.05) is 10.6 Å². The SMILES string of the molecule is CCOc1cc(-c2n[nH]c(C(N)c3ccc(Cl)cc3)n2)ccc1OC. The zero-order valence-electron chi connectivity index (χ0n) is 14.0. The number of hydrogen-bond acceptors (Lipinski definition) is 5. The van der Waals surface area contributed by atoms with Crippen molar-refractivity contribution < 1.29 is 9.47 Å². The molecule has 3 N–H and O–H groups in total. The van der Waals surface area contributed by atoms with Crippen molar-refractivity contribution in [3.8, 4) is 22.9 Å². The smallest absolute Gasteiger partial charge is 0.181 e. The van der Waals surface area contributed by atoms with E-state index in [2.05, 4.69) is 15.2 Å². The van der Waals surface area contributed by atoms with Crippen molar-refractivity contribution in [2.75, 3.05) is 13.7 Å². The Morgan fingerprint density at radius 1 is 1.16 bits per heavy atom. The molecule has 0 bridgehead atoms. The van der Waals surface area contributed by atoms with Crippen LogP contribution in [0.3, 0.4) is 0 Å². The Balaban J connectivity index is 1.88. The number of ether oxygens (including phenoxy) is 2. The maximum absolute atomic E-state index is 6.26. The van der Waals surface area contributed by atoms with Gasteiger partial charge in [-0.25, -0.2) is 4.98 Å². The minimum absolute atomic E-state index is 0.414. The summed E-state index contributed by atoms with van der Waals surface area (Å²) in [5, 5.41) is 7.84. The van der Waals surface area contributed by atoms with Crippen molar-refractivity contribution >= 4 is 11.6 Å². The number of nitrogens with two attached hydrogens (primary N) is 1. The number of methoxy groups -OCH3 is 1. The summed E-state index contributed by atoms with van der Waals surface area (Å²) in [5.74, 6) is 2.43. The van der Waals surface area contributed by atoms with Gasteiger partial charge in [-0.3, -0.25) is 5.10 Å². The number of nitrogens with zero attached hydrogens (tertiary/aromatic N) is 2. The van der Waals surface area contributed by atoms with Crippen molar-refractivity contribution in [2.45, 2.75) is 13.0 Å². The van der Waals surface area contributed by atoms with E-state index in [-0.39, 0.29) is 0 Å². The average Bonchev–Trinajstić information content (AvgIpc) is 3.12. The van der Waals surface area contributed by atoms with Crippen molar-refractivity contribution in [2.24, 2.45) is 5.73 Å². The van der Waals surface area contributed by atoms with Gasteiger partial charge >= 0.3 is 0 Å². The molecule has 0 aliphatic carbocycles. The standard InChI is InChI=1S/C18H19ClN4O2/c1-3-25-15-10-12(6-9-14(15)24-2)17-21-18(23-22-17)16(20)11-4-7-13(19)8-5-11/h4-10,16H,3,20H2,1-2H3,(H,21,22,23). The average molecular weight is 359 g/mol. The lowest BCUT2D eigenvalue weighted by Gasteiger charge is -2.10. The molecule has 1 heterocycles. The summed E-state index contributed by atoms with van der Waals surface area (Å²) in [6, 6.07) is 12.5. The fourth-order valence-electron chi connectivity index (χ4n) is 2.45. The molecule has 6 nitrogen and oxygen atoms in total. The number of nitrogens with one attached hydrogen (secondary N) is 1. The van der Waals surface area contributed by atoms with Crippen LogP contribution in [0.5, 0.6) is 11.5 Å². The molecule has 25 heavy (non-hydrogen) atoms. The van der Waals surface area contributed by atoms with E-state index in [9.17, 15) is 0 Å². The maximum Gasteiger partial charge on any atom is 0.181 e. The molecule has 0 amide bonds. The quantitative estimate of drug-likeness (QED) is 0.703. The molecule has 7 heteroatoms. The number of halogens is 1. The van der Waals surface area contributed by atoms with Crippen LogP contribution in [0, 0.1) is 0 Å². The van der Waals surface area contributed by atoms with Crippen LogP contribution in [0.15, 0.2) is 42.5 Å². The number of aromatic nitrogens is 3. The van der Waals surface area contributed by atoms with Crippen molar-refractivity contribution in [3.05, 3.63) is 58.9 Å². The summed E-state index contributed by atoms with van der Waals surface area (Å²) in [4.78, 5) is 4.51. The summed E-state index contributed by atoms with van der Waals surface area (Å²) in [6.45, 7) is 2.46. The first-order chi connectivity index (χ1) is 12.1. The van der Waals surface area contributed by atoms with Gasteiger partial charge in [0.2, 0.25) is 0 Å². The van der Waals surface area contributed by atoms with E-state index in [1.54, 1.807) is 19.2 Å². The molecule has 0 spiro atoms. The highest BCUT2D eigenvalue weighted by Crippen LogP contribution is 2.31. The Hall–Kier alpha value is -2.57. The lowest BCUT2D eigenvalue weighted by molar-refractivity contribution is 0.311. The molecule has 0 aliphatic heterocycles. The van der Waals surface area contributed by atoms with Crippen LogP contribution in [0.25, 0.3) is 11.4 Å². The molecule has 3 aromatic rings. The van der Waals surface area contributed by atoms with E-state index in [0.717, 1.165) is 11.1 Å². The predicted molar refractivity (Wildman–Crippen MR) is 97.0 cm³/mol. The van der Waals surface area contributed by atoms with Gasteiger partial charge < -0.3 is 15.2 Å². The molecule has 0 saturated carbocycles. The van der Waals surface area contributed by atoms with E-state index < -0.39 is 6.04 Å². The summed E-state index contributed by atoms with van der Waals surface area (Å²) >= 11 is 5.91. The van der Waals surface area contributed by atoms with Crippen LogP contribution in [0.2, 0.25) is 5.02 Å². The highest BCUT2D eigenvalue weighted by molar-refractivity contribution is 6.30. The van der Waals surface area contributed by atoms with Crippen LogP contribution < -0.4 is 15.2 Å². The fraction of sp³-hybridized carbons (Fsp3) is 0.222. The second kappa shape index (κ2) is 7.55. The summed E-state index contributed by atoms with van der Waals surface area (Å²) in [7, 11) is 1.60. The zero-order valence-corrected chi connectivity index (χ0v) is 14.7. The molecule has 1 aromatic heterocycles. The Bertz CT molecular complexity index is 849. The first kappa shape index (κ1) is 17.3. The highest BCUT2D eigenvalue weighted by Gasteiger charge is 2.16. The molecule has 0 saturated heterocycles. The van der Waals surface area contributed by atoms with Crippen molar-refractivity contribution in [3.63, 3.8) is 0 Å². The molecule has 3 rings (SSSR count). The Labute approximate surface area is 150 Å². The summed E-state index contributed by atoms with van der Waals surface area (Å²) in [5.41, 5.74) is 7.97. The van der Waals surface area contributed by atoms with Crippen molar-refractivity contribution in [1.82, 2.24) is 15.2 Å². The van der Waals surface area contributed by atoms with Gasteiger partial charge in [-0.1, -0.05) is 23.7 Å². The van der Waals surface area contributed by atoms with E-state index in [0.29, 0.717) is 34.8 Å². The molecule has 1 unspecified atom stereocenters. The van der Waals surface area contributed by atoms with Crippen LogP contribution in [-0.4, -0.2) is 28.9 Å². The minimum Gasteiger partial charge on any atom is -0.493 e. The number of aromatic amines is 1. The Morgan fingerprint density at radius 2 is 1.92 bits per heavy atom. The van der Waals surface area contributed by atoms with Crippen molar-refractivity contribution in [1.29, 1.82) is 0 Å². The molecular weight excluding hydrogens is 340 g/mol. The molecule has 0 radical (unpaired) electrons. The van der Waals surface area contributed by atoms with Crippen LogP contribution in [0.1, 0.15) is 24.4 Å². The fourth-order valence-corrected chi connectivity index (χ4v) is 2.58. The molecule has 130 valence electrons. The van der Waals surface area contributed by atoms with Gasteiger partial charge in [-0.05, 0) is 42.8 Å². The molecule has 2 aromatic carbocycles. The van der Waals surface area contributed by atoms with Gasteiger partial charge in [-0.15, -0.1) is 0 Å². The summed E-state index contributed by atoms with van der Waals surface area (Å²) in [6.07, 6.45) is 0. The van der Waals surface area contributed by atoms with E-state index in [1.807, 2.05) is 37.3 Å². The van der Waals surface area contributed by atoms with E-state index in [1.165, 1.54) is 0 Å². The van der Waals surface area contributed by atoms with Gasteiger partial charge in [-0.2, -0.15) is 5.10 Å². The lowest BCUT2D eigenvalue weighted by atomic mass is 10.1. The number of rotatable bonds is 6. The number of H-pyrrole nitrogens is 1. The molecule has 0 aliphatic rings. The van der Waals surface area contributed by atoms with Gasteiger partial charge in [0.05, 0.1) is 19.8 Å². The zero-order chi connectivity index (χ0) is 17.8. The first-order valence-electron chi connectivity index (χ1n) is 7.87. The van der Waals surface area contributed by atoms with E-state index in [4.69, 9.17) is 26.8 Å². The summed E-state index contributed by atoms with van der Waals surface area (Å²) < 4.78 is 10.9. The third-order valence-corrected chi connectivity index (χ3v) is 4.00. The van der Waals surface area contributed by atoms with Crippen LogP contribution in [0.4, 0.5) is 0 Å². The Morgan fingerprint density at radius 3 is 2.60 bits per heavy atom. The normalized spacial score (nSPS) is 12.0. The largest absolute Gasteiger partial charge is 0.493 e. The first-order valence-corrected chi connectivity index (χ1v) is 8.24. The topological polar surface area (TPSA) is 86.0 Å². The van der Waals surface area contributed by atoms with Crippen LogP contribution >= 0.6 is 11.6 Å². The minimum atomic E-state index is -0.414. The van der Waals surface area contributed by atoms with Crippen LogP contribution in [-0.2, 0) is 0 Å². The number of benzene rings is 2. The third kappa shape index (κ3) is 3.75. The number of hydrogen-bond donors (Lipinski definition) is 2. The molecule has 1 atom stereocenters. The van der Waals surface area contributed by atoms with Gasteiger partial charge in [0.15, 0.2) is 17.3 Å². The second-order valence-corrected chi connectivity index (χ2v) is 5.81. The van der Waals surface area contributed by atoms with E-state index >= 15 is 0 Å². The lowest BCUT2D eigenvalue weighted by Crippen LogP contribution is -2.13.